The monoisotopic (exact) mass is 254 g/mol. The summed E-state index contributed by atoms with van der Waals surface area (Å²) in [5.41, 5.74) is -4.96. The normalized spacial score (nSPS) is 15.4. The van der Waals surface area contributed by atoms with E-state index in [0.29, 0.717) is 24.3 Å². The van der Waals surface area contributed by atoms with Gasteiger partial charge in [-0.05, 0) is 17.7 Å². The summed E-state index contributed by atoms with van der Waals surface area (Å²) < 4.78 is 63.9. The maximum Gasteiger partial charge on any atom is 0.427 e. The van der Waals surface area contributed by atoms with E-state index in [-0.39, 0.29) is 0 Å². The number of aliphatic carboxylic acids is 1. The van der Waals surface area contributed by atoms with Gasteiger partial charge in [0.2, 0.25) is 5.67 Å². The van der Waals surface area contributed by atoms with Gasteiger partial charge in [0.1, 0.15) is 5.82 Å². The van der Waals surface area contributed by atoms with Crippen LogP contribution in [0.25, 0.3) is 0 Å². The van der Waals surface area contributed by atoms with Crippen molar-refractivity contribution in [1.29, 1.82) is 0 Å². The van der Waals surface area contributed by atoms with E-state index in [9.17, 15) is 26.7 Å². The minimum Gasteiger partial charge on any atom is -0.481 e. The third-order valence-electron chi connectivity index (χ3n) is 2.15. The lowest BCUT2D eigenvalue weighted by molar-refractivity contribution is -0.239. The molecule has 0 aromatic heterocycles. The SMILES string of the molecule is O=C(O)CC(F)(c1ccc(F)cc1)C(F)(F)F. The second-order valence-electron chi connectivity index (χ2n) is 3.38. The number of carboxylic acids is 1. The van der Waals surface area contributed by atoms with E-state index in [2.05, 4.69) is 0 Å². The number of rotatable bonds is 3. The third kappa shape index (κ3) is 2.72. The minimum atomic E-state index is -5.39. The van der Waals surface area contributed by atoms with E-state index < -0.39 is 35.6 Å². The molecule has 1 atom stereocenters. The van der Waals surface area contributed by atoms with Crippen molar-refractivity contribution in [1.82, 2.24) is 0 Å². The van der Waals surface area contributed by atoms with E-state index in [1.807, 2.05) is 0 Å². The van der Waals surface area contributed by atoms with Crippen LogP contribution in [0.2, 0.25) is 0 Å². The molecular weight excluding hydrogens is 247 g/mol. The standard InChI is InChI=1S/C10H7F5O2/c11-7-3-1-6(2-4-7)9(12,5-8(16)17)10(13,14)15/h1-4H,5H2,(H,16,17). The molecule has 7 heteroatoms. The van der Waals surface area contributed by atoms with Gasteiger partial charge >= 0.3 is 12.1 Å². The molecule has 1 N–H and O–H groups in total. The smallest absolute Gasteiger partial charge is 0.427 e. The molecular formula is C10H7F5O2. The fourth-order valence-electron chi connectivity index (χ4n) is 1.29. The van der Waals surface area contributed by atoms with Gasteiger partial charge in [-0.25, -0.2) is 8.78 Å². The molecule has 94 valence electrons. The Balaban J connectivity index is 3.24. The number of hydrogen-bond acceptors (Lipinski definition) is 1. The minimum absolute atomic E-state index is 0.575. The van der Waals surface area contributed by atoms with Crippen LogP contribution in [0.3, 0.4) is 0 Å². The van der Waals surface area contributed by atoms with Crippen LogP contribution in [0.1, 0.15) is 12.0 Å². The summed E-state index contributed by atoms with van der Waals surface area (Å²) in [6.45, 7) is 0. The molecule has 0 aliphatic carbocycles. The predicted octanol–water partition coefficient (Wildman–Crippen LogP) is 3.03. The lowest BCUT2D eigenvalue weighted by Crippen LogP contribution is -2.40. The van der Waals surface area contributed by atoms with E-state index >= 15 is 0 Å². The highest BCUT2D eigenvalue weighted by Gasteiger charge is 2.58. The second kappa shape index (κ2) is 4.31. The predicted molar refractivity (Wildman–Crippen MR) is 47.5 cm³/mol. The first-order valence-corrected chi connectivity index (χ1v) is 4.40. The van der Waals surface area contributed by atoms with Gasteiger partial charge in [0.25, 0.3) is 0 Å². The van der Waals surface area contributed by atoms with Crippen LogP contribution < -0.4 is 0 Å². The Labute approximate surface area is 92.7 Å². The van der Waals surface area contributed by atoms with E-state index in [1.54, 1.807) is 0 Å². The Morgan fingerprint density at radius 3 is 1.94 bits per heavy atom. The number of alkyl halides is 4. The van der Waals surface area contributed by atoms with E-state index in [4.69, 9.17) is 5.11 Å². The average Bonchev–Trinajstić information content (AvgIpc) is 2.15. The van der Waals surface area contributed by atoms with Gasteiger partial charge in [0, 0.05) is 0 Å². The van der Waals surface area contributed by atoms with Crippen molar-refractivity contribution in [3.63, 3.8) is 0 Å². The summed E-state index contributed by atoms with van der Waals surface area (Å²) in [5.74, 6) is -2.78. The zero-order chi connectivity index (χ0) is 13.3. The Kier molecular flexibility index (Phi) is 3.40. The first-order valence-electron chi connectivity index (χ1n) is 4.40. The van der Waals surface area contributed by atoms with Crippen LogP contribution in [-0.2, 0) is 10.5 Å². The molecule has 0 saturated heterocycles. The molecule has 0 aliphatic heterocycles. The number of hydrogen-bond donors (Lipinski definition) is 1. The summed E-state index contributed by atoms with van der Waals surface area (Å²) in [5, 5.41) is 8.31. The van der Waals surface area contributed by atoms with Gasteiger partial charge in [0.05, 0.1) is 6.42 Å². The third-order valence-corrected chi connectivity index (χ3v) is 2.15. The molecule has 1 aromatic carbocycles. The maximum atomic E-state index is 13.8. The van der Waals surface area contributed by atoms with Gasteiger partial charge < -0.3 is 5.11 Å². The van der Waals surface area contributed by atoms with E-state index in [0.717, 1.165) is 0 Å². The molecule has 0 saturated carbocycles. The molecule has 1 unspecified atom stereocenters. The zero-order valence-electron chi connectivity index (χ0n) is 8.26. The highest BCUT2D eigenvalue weighted by Crippen LogP contribution is 2.45. The molecule has 2 nitrogen and oxygen atoms in total. The van der Waals surface area contributed by atoms with Crippen molar-refractivity contribution in [2.45, 2.75) is 18.3 Å². The van der Waals surface area contributed by atoms with Crippen LogP contribution in [-0.4, -0.2) is 17.3 Å². The van der Waals surface area contributed by atoms with E-state index in [1.165, 1.54) is 0 Å². The zero-order valence-corrected chi connectivity index (χ0v) is 8.26. The largest absolute Gasteiger partial charge is 0.481 e. The quantitative estimate of drug-likeness (QED) is 0.842. The first kappa shape index (κ1) is 13.4. The fourth-order valence-corrected chi connectivity index (χ4v) is 1.29. The molecule has 1 rings (SSSR count). The van der Waals surface area contributed by atoms with Gasteiger partial charge in [-0.3, -0.25) is 4.79 Å². The fraction of sp³-hybridized carbons (Fsp3) is 0.300. The molecule has 0 amide bonds. The molecule has 17 heavy (non-hydrogen) atoms. The molecule has 0 bridgehead atoms. The summed E-state index contributed by atoms with van der Waals surface area (Å²) >= 11 is 0. The van der Waals surface area contributed by atoms with Crippen LogP contribution in [0.15, 0.2) is 24.3 Å². The number of benzene rings is 1. The molecule has 0 fully saturated rings. The number of carboxylic acid groups (broad SMARTS) is 1. The molecule has 0 aliphatic rings. The van der Waals surface area contributed by atoms with Gasteiger partial charge in [-0.15, -0.1) is 0 Å². The van der Waals surface area contributed by atoms with Gasteiger partial charge in [0.15, 0.2) is 0 Å². The topological polar surface area (TPSA) is 37.3 Å². The summed E-state index contributed by atoms with van der Waals surface area (Å²) in [6, 6.07) is 2.42. The maximum absolute atomic E-state index is 13.8. The number of halogens is 5. The average molecular weight is 254 g/mol. The highest BCUT2D eigenvalue weighted by molar-refractivity contribution is 5.69. The lowest BCUT2D eigenvalue weighted by atomic mass is 9.91. The second-order valence-corrected chi connectivity index (χ2v) is 3.38. The van der Waals surface area contributed by atoms with Crippen molar-refractivity contribution < 1.29 is 31.9 Å². The van der Waals surface area contributed by atoms with Crippen LogP contribution in [0, 0.1) is 5.82 Å². The Morgan fingerprint density at radius 2 is 1.59 bits per heavy atom. The van der Waals surface area contributed by atoms with Crippen molar-refractivity contribution >= 4 is 5.97 Å². The summed E-state index contributed by atoms with van der Waals surface area (Å²) in [4.78, 5) is 10.3. The summed E-state index contributed by atoms with van der Waals surface area (Å²) in [6.07, 6.45) is -7.15. The van der Waals surface area contributed by atoms with Gasteiger partial charge in [-0.2, -0.15) is 13.2 Å². The molecule has 1 aromatic rings. The first-order chi connectivity index (χ1) is 7.67. The van der Waals surface area contributed by atoms with Crippen LogP contribution in [0.5, 0.6) is 0 Å². The Bertz CT molecular complexity index is 412. The lowest BCUT2D eigenvalue weighted by Gasteiger charge is -2.26. The van der Waals surface area contributed by atoms with Crippen molar-refractivity contribution in [2.24, 2.45) is 0 Å². The van der Waals surface area contributed by atoms with Crippen molar-refractivity contribution in [2.75, 3.05) is 0 Å². The Hall–Kier alpha value is -1.66. The van der Waals surface area contributed by atoms with Gasteiger partial charge in [-0.1, -0.05) is 12.1 Å². The van der Waals surface area contributed by atoms with Crippen LogP contribution >= 0.6 is 0 Å². The van der Waals surface area contributed by atoms with Crippen molar-refractivity contribution in [3.05, 3.63) is 35.6 Å². The highest BCUT2D eigenvalue weighted by atomic mass is 19.4. The van der Waals surface area contributed by atoms with Crippen molar-refractivity contribution in [3.8, 4) is 0 Å². The molecule has 0 spiro atoms. The summed E-state index contributed by atoms with van der Waals surface area (Å²) in [7, 11) is 0. The Morgan fingerprint density at radius 1 is 1.12 bits per heavy atom. The molecule has 0 heterocycles. The van der Waals surface area contributed by atoms with Crippen LogP contribution in [0.4, 0.5) is 22.0 Å². The number of carbonyl (C=O) groups is 1. The molecule has 0 radical (unpaired) electrons.